The van der Waals surface area contributed by atoms with Gasteiger partial charge in [0.15, 0.2) is 5.82 Å². The summed E-state index contributed by atoms with van der Waals surface area (Å²) in [5.74, 6) is 0.236. The summed E-state index contributed by atoms with van der Waals surface area (Å²) < 4.78 is 0. The highest BCUT2D eigenvalue weighted by Crippen LogP contribution is 2.40. The van der Waals surface area contributed by atoms with Gasteiger partial charge >= 0.3 is 5.97 Å². The molecule has 1 fully saturated rings. The maximum absolute atomic E-state index is 11.6. The van der Waals surface area contributed by atoms with Crippen LogP contribution in [0.3, 0.4) is 0 Å². The quantitative estimate of drug-likeness (QED) is 0.694. The first-order valence-electron chi connectivity index (χ1n) is 8.53. The van der Waals surface area contributed by atoms with Crippen LogP contribution in [-0.4, -0.2) is 21.0 Å². The van der Waals surface area contributed by atoms with E-state index in [1.165, 1.54) is 0 Å². The molecule has 1 saturated carbocycles. The smallest absolute Gasteiger partial charge is 0.335 e. The maximum Gasteiger partial charge on any atom is 0.335 e. The molecule has 1 aliphatic carbocycles. The van der Waals surface area contributed by atoms with Crippen molar-refractivity contribution in [3.05, 3.63) is 82.1 Å². The lowest BCUT2D eigenvalue weighted by Gasteiger charge is -2.09. The summed E-state index contributed by atoms with van der Waals surface area (Å²) in [5.41, 5.74) is 3.99. The monoisotopic (exact) mass is 364 g/mol. The molecule has 1 heterocycles. The molecule has 5 heteroatoms. The second kappa shape index (κ2) is 6.89. The number of benzene rings is 2. The van der Waals surface area contributed by atoms with Crippen molar-refractivity contribution in [3.8, 4) is 11.4 Å². The first kappa shape index (κ1) is 16.7. The summed E-state index contributed by atoms with van der Waals surface area (Å²) >= 11 is 6.01. The Morgan fingerprint density at radius 1 is 1.12 bits per heavy atom. The summed E-state index contributed by atoms with van der Waals surface area (Å²) in [4.78, 5) is 20.4. The van der Waals surface area contributed by atoms with E-state index in [1.54, 1.807) is 18.5 Å². The minimum absolute atomic E-state index is 0.369. The first-order chi connectivity index (χ1) is 12.6. The Morgan fingerprint density at radius 2 is 1.88 bits per heavy atom. The van der Waals surface area contributed by atoms with Gasteiger partial charge in [0.2, 0.25) is 0 Å². The third-order valence-electron chi connectivity index (χ3n) is 4.60. The van der Waals surface area contributed by atoms with Crippen LogP contribution < -0.4 is 0 Å². The molecule has 1 aliphatic rings. The SMILES string of the molecule is O=C(O)c1cc(C2CC2)ccc1Cc1cnc(-c2cccc(Cl)c2)nc1. The molecule has 4 nitrogen and oxygen atoms in total. The number of halogens is 1. The molecule has 4 rings (SSSR count). The largest absolute Gasteiger partial charge is 0.478 e. The van der Waals surface area contributed by atoms with Crippen molar-refractivity contribution in [2.24, 2.45) is 0 Å². The van der Waals surface area contributed by atoms with E-state index in [1.807, 2.05) is 36.4 Å². The molecule has 130 valence electrons. The predicted molar refractivity (Wildman–Crippen MR) is 101 cm³/mol. The number of aromatic nitrogens is 2. The van der Waals surface area contributed by atoms with E-state index >= 15 is 0 Å². The Morgan fingerprint density at radius 3 is 2.54 bits per heavy atom. The molecule has 1 N–H and O–H groups in total. The summed E-state index contributed by atoms with van der Waals surface area (Å²) in [6, 6.07) is 13.2. The van der Waals surface area contributed by atoms with Gasteiger partial charge in [-0.1, -0.05) is 35.9 Å². The van der Waals surface area contributed by atoms with Gasteiger partial charge < -0.3 is 5.11 Å². The van der Waals surface area contributed by atoms with Crippen molar-refractivity contribution < 1.29 is 9.90 Å². The van der Waals surface area contributed by atoms with E-state index in [0.717, 1.165) is 35.1 Å². The summed E-state index contributed by atoms with van der Waals surface area (Å²) in [6.45, 7) is 0. The van der Waals surface area contributed by atoms with Crippen LogP contribution in [-0.2, 0) is 6.42 Å². The molecule has 0 spiro atoms. The molecular weight excluding hydrogens is 348 g/mol. The van der Waals surface area contributed by atoms with Crippen molar-refractivity contribution in [2.75, 3.05) is 0 Å². The standard InChI is InChI=1S/C21H17ClN2O2/c22-18-3-1-2-17(9-18)20-23-11-13(12-24-20)8-16-7-6-15(14-4-5-14)10-19(16)21(25)26/h1-3,6-7,9-12,14H,4-5,8H2,(H,25,26). The molecule has 0 unspecified atom stereocenters. The van der Waals surface area contributed by atoms with Gasteiger partial charge in [-0.3, -0.25) is 0 Å². The fraction of sp³-hybridized carbons (Fsp3) is 0.190. The zero-order valence-corrected chi connectivity index (χ0v) is 14.8. The number of aromatic carboxylic acids is 1. The van der Waals surface area contributed by atoms with Gasteiger partial charge in [0.25, 0.3) is 0 Å². The van der Waals surface area contributed by atoms with Crippen LogP contribution >= 0.6 is 11.6 Å². The lowest BCUT2D eigenvalue weighted by Crippen LogP contribution is -2.05. The second-order valence-electron chi connectivity index (χ2n) is 6.60. The highest BCUT2D eigenvalue weighted by Gasteiger charge is 2.25. The molecule has 3 aromatic rings. The molecular formula is C21H17ClN2O2. The molecule has 0 bridgehead atoms. The van der Waals surface area contributed by atoms with Crippen molar-refractivity contribution in [1.82, 2.24) is 9.97 Å². The van der Waals surface area contributed by atoms with Gasteiger partial charge in [0, 0.05) is 29.4 Å². The van der Waals surface area contributed by atoms with E-state index in [2.05, 4.69) is 9.97 Å². The van der Waals surface area contributed by atoms with Gasteiger partial charge in [0.1, 0.15) is 0 Å². The average Bonchev–Trinajstić information content (AvgIpc) is 3.48. The number of carboxylic acids is 1. The lowest BCUT2D eigenvalue weighted by molar-refractivity contribution is 0.0695. The maximum atomic E-state index is 11.6. The third kappa shape index (κ3) is 3.60. The van der Waals surface area contributed by atoms with Gasteiger partial charge in [-0.05, 0) is 53.6 Å². The minimum Gasteiger partial charge on any atom is -0.478 e. The van der Waals surface area contributed by atoms with Crippen LogP contribution in [0.15, 0.2) is 54.9 Å². The highest BCUT2D eigenvalue weighted by atomic mass is 35.5. The lowest BCUT2D eigenvalue weighted by atomic mass is 9.97. The Hall–Kier alpha value is -2.72. The zero-order chi connectivity index (χ0) is 18.1. The van der Waals surface area contributed by atoms with Crippen molar-refractivity contribution in [2.45, 2.75) is 25.2 Å². The molecule has 0 radical (unpaired) electrons. The fourth-order valence-electron chi connectivity index (χ4n) is 3.06. The normalized spacial score (nSPS) is 13.6. The fourth-order valence-corrected chi connectivity index (χ4v) is 3.25. The number of rotatable bonds is 5. The molecule has 26 heavy (non-hydrogen) atoms. The molecule has 0 aliphatic heterocycles. The van der Waals surface area contributed by atoms with Crippen LogP contribution in [0.25, 0.3) is 11.4 Å². The van der Waals surface area contributed by atoms with E-state index in [-0.39, 0.29) is 0 Å². The van der Waals surface area contributed by atoms with E-state index in [0.29, 0.717) is 28.7 Å². The first-order valence-corrected chi connectivity index (χ1v) is 8.91. The number of carbonyl (C=O) groups is 1. The summed E-state index contributed by atoms with van der Waals surface area (Å²) in [5, 5.41) is 10.2. The molecule has 0 saturated heterocycles. The summed E-state index contributed by atoms with van der Waals surface area (Å²) in [7, 11) is 0. The Bertz CT molecular complexity index is 966. The van der Waals surface area contributed by atoms with Crippen LogP contribution in [0.4, 0.5) is 0 Å². The third-order valence-corrected chi connectivity index (χ3v) is 4.83. The predicted octanol–water partition coefficient (Wildman–Crippen LogP) is 4.96. The molecule has 1 aromatic heterocycles. The van der Waals surface area contributed by atoms with Crippen molar-refractivity contribution in [1.29, 1.82) is 0 Å². The van der Waals surface area contributed by atoms with Crippen LogP contribution in [0.1, 0.15) is 45.8 Å². The van der Waals surface area contributed by atoms with Gasteiger partial charge in [-0.2, -0.15) is 0 Å². The zero-order valence-electron chi connectivity index (χ0n) is 14.0. The number of carboxylic acid groups (broad SMARTS) is 1. The van der Waals surface area contributed by atoms with Crippen molar-refractivity contribution >= 4 is 17.6 Å². The molecule has 2 aromatic carbocycles. The van der Waals surface area contributed by atoms with E-state index < -0.39 is 5.97 Å². The Balaban J connectivity index is 1.58. The minimum atomic E-state index is -0.890. The van der Waals surface area contributed by atoms with Crippen molar-refractivity contribution in [3.63, 3.8) is 0 Å². The van der Waals surface area contributed by atoms with Gasteiger partial charge in [-0.15, -0.1) is 0 Å². The van der Waals surface area contributed by atoms with E-state index in [4.69, 9.17) is 11.6 Å². The number of hydrogen-bond acceptors (Lipinski definition) is 3. The average molecular weight is 365 g/mol. The Kier molecular flexibility index (Phi) is 4.43. The summed E-state index contributed by atoms with van der Waals surface area (Å²) in [6.07, 6.45) is 6.27. The van der Waals surface area contributed by atoms with Gasteiger partial charge in [0.05, 0.1) is 5.56 Å². The number of nitrogens with zero attached hydrogens (tertiary/aromatic N) is 2. The molecule has 0 amide bonds. The Labute approximate surface area is 156 Å². The molecule has 0 atom stereocenters. The van der Waals surface area contributed by atoms with Crippen LogP contribution in [0.2, 0.25) is 5.02 Å². The van der Waals surface area contributed by atoms with E-state index in [9.17, 15) is 9.90 Å². The second-order valence-corrected chi connectivity index (χ2v) is 7.03. The van der Waals surface area contributed by atoms with Crippen LogP contribution in [0, 0.1) is 0 Å². The van der Waals surface area contributed by atoms with Gasteiger partial charge in [-0.25, -0.2) is 14.8 Å². The highest BCUT2D eigenvalue weighted by molar-refractivity contribution is 6.30. The topological polar surface area (TPSA) is 63.1 Å². The van der Waals surface area contributed by atoms with Crippen LogP contribution in [0.5, 0.6) is 0 Å². The number of hydrogen-bond donors (Lipinski definition) is 1.